The highest BCUT2D eigenvalue weighted by atomic mass is 14.7. The standard InChI is InChI=1S/C20H19N/c1-12-9-13(2)15-11-17-18-14(5-7-20(17,3)4)6-8-21-19(18)16(15)10-12/h5-11H,1-4H3. The Kier molecular flexibility index (Phi) is 2.36. The van der Waals surface area contributed by atoms with E-state index in [1.165, 1.54) is 38.4 Å². The number of rotatable bonds is 0. The van der Waals surface area contributed by atoms with Gasteiger partial charge in [0, 0.05) is 22.4 Å². The highest BCUT2D eigenvalue weighted by Crippen LogP contribution is 2.41. The number of benzene rings is 2. The molecule has 0 atom stereocenters. The molecule has 1 aliphatic carbocycles. The van der Waals surface area contributed by atoms with Gasteiger partial charge >= 0.3 is 0 Å². The van der Waals surface area contributed by atoms with Gasteiger partial charge in [-0.25, -0.2) is 0 Å². The van der Waals surface area contributed by atoms with Crippen LogP contribution in [0.5, 0.6) is 0 Å². The van der Waals surface area contributed by atoms with Crippen LogP contribution in [-0.4, -0.2) is 4.98 Å². The maximum absolute atomic E-state index is 4.73. The topological polar surface area (TPSA) is 12.9 Å². The Labute approximate surface area is 125 Å². The van der Waals surface area contributed by atoms with Gasteiger partial charge in [-0.05, 0) is 54.1 Å². The molecule has 1 nitrogen and oxygen atoms in total. The van der Waals surface area contributed by atoms with Crippen LogP contribution in [0.25, 0.3) is 27.8 Å². The summed E-state index contributed by atoms with van der Waals surface area (Å²) in [6, 6.07) is 9.02. The summed E-state index contributed by atoms with van der Waals surface area (Å²) in [4.78, 5) is 4.73. The molecule has 0 unspecified atom stereocenters. The van der Waals surface area contributed by atoms with Crippen LogP contribution in [0.4, 0.5) is 0 Å². The lowest BCUT2D eigenvalue weighted by molar-refractivity contribution is 0.677. The maximum atomic E-state index is 4.73. The van der Waals surface area contributed by atoms with Crippen LogP contribution in [0.2, 0.25) is 0 Å². The first-order valence-corrected chi connectivity index (χ1v) is 7.50. The predicted octanol–water partition coefficient (Wildman–Crippen LogP) is 5.31. The Morgan fingerprint density at radius 3 is 2.62 bits per heavy atom. The second kappa shape index (κ2) is 3.94. The molecule has 0 aliphatic heterocycles. The van der Waals surface area contributed by atoms with Gasteiger partial charge in [-0.1, -0.05) is 37.6 Å². The number of hydrogen-bond acceptors (Lipinski definition) is 1. The van der Waals surface area contributed by atoms with Crippen LogP contribution < -0.4 is 0 Å². The Hall–Kier alpha value is -2.15. The molecule has 0 saturated heterocycles. The number of nitrogens with zero attached hydrogens (tertiary/aromatic N) is 1. The van der Waals surface area contributed by atoms with E-state index in [4.69, 9.17) is 4.98 Å². The van der Waals surface area contributed by atoms with Crippen molar-refractivity contribution in [3.05, 3.63) is 58.8 Å². The van der Waals surface area contributed by atoms with Gasteiger partial charge in [0.1, 0.15) is 0 Å². The normalized spacial score (nSPS) is 15.8. The van der Waals surface area contributed by atoms with Gasteiger partial charge in [0.15, 0.2) is 0 Å². The molecular weight excluding hydrogens is 254 g/mol. The van der Waals surface area contributed by atoms with E-state index in [1.54, 1.807) is 0 Å². The first-order chi connectivity index (χ1) is 9.97. The molecule has 1 heteroatoms. The maximum Gasteiger partial charge on any atom is 0.0789 e. The van der Waals surface area contributed by atoms with Crippen LogP contribution in [0.15, 0.2) is 36.5 Å². The first-order valence-electron chi connectivity index (χ1n) is 7.50. The number of pyridine rings is 1. The highest BCUT2D eigenvalue weighted by Gasteiger charge is 2.26. The van der Waals surface area contributed by atoms with E-state index in [9.17, 15) is 0 Å². The molecule has 104 valence electrons. The Morgan fingerprint density at radius 1 is 1.00 bits per heavy atom. The molecule has 0 amide bonds. The van der Waals surface area contributed by atoms with Crippen molar-refractivity contribution in [3.63, 3.8) is 0 Å². The van der Waals surface area contributed by atoms with Crippen LogP contribution in [0.1, 0.15) is 36.1 Å². The second-order valence-electron chi connectivity index (χ2n) is 6.78. The van der Waals surface area contributed by atoms with E-state index in [2.05, 4.69) is 64.1 Å². The van der Waals surface area contributed by atoms with E-state index in [0.717, 1.165) is 5.52 Å². The van der Waals surface area contributed by atoms with Crippen molar-refractivity contribution in [2.75, 3.05) is 0 Å². The molecule has 0 saturated carbocycles. The molecule has 0 spiro atoms. The van der Waals surface area contributed by atoms with Crippen molar-refractivity contribution in [3.8, 4) is 0 Å². The van der Waals surface area contributed by atoms with Gasteiger partial charge in [-0.3, -0.25) is 4.98 Å². The molecule has 1 aliphatic rings. The third kappa shape index (κ3) is 1.67. The molecule has 0 radical (unpaired) electrons. The number of allylic oxidation sites excluding steroid dienone is 1. The van der Waals surface area contributed by atoms with Gasteiger partial charge in [0.25, 0.3) is 0 Å². The average molecular weight is 273 g/mol. The van der Waals surface area contributed by atoms with Gasteiger partial charge in [0.2, 0.25) is 0 Å². The summed E-state index contributed by atoms with van der Waals surface area (Å²) >= 11 is 0. The molecule has 21 heavy (non-hydrogen) atoms. The highest BCUT2D eigenvalue weighted by molar-refractivity contribution is 6.11. The van der Waals surface area contributed by atoms with E-state index in [-0.39, 0.29) is 5.41 Å². The van der Waals surface area contributed by atoms with Crippen LogP contribution in [0, 0.1) is 13.8 Å². The first kappa shape index (κ1) is 12.6. The lowest BCUT2D eigenvalue weighted by Crippen LogP contribution is -2.17. The molecule has 4 rings (SSSR count). The van der Waals surface area contributed by atoms with Crippen LogP contribution in [0.3, 0.4) is 0 Å². The van der Waals surface area contributed by atoms with Crippen molar-refractivity contribution in [1.29, 1.82) is 0 Å². The third-order valence-electron chi connectivity index (χ3n) is 4.70. The van der Waals surface area contributed by atoms with E-state index in [0.29, 0.717) is 0 Å². The van der Waals surface area contributed by atoms with Crippen molar-refractivity contribution >= 4 is 27.8 Å². The molecule has 0 fully saturated rings. The summed E-state index contributed by atoms with van der Waals surface area (Å²) in [6.07, 6.45) is 6.48. The minimum atomic E-state index is 0.0554. The zero-order valence-corrected chi connectivity index (χ0v) is 13.0. The summed E-state index contributed by atoms with van der Waals surface area (Å²) in [6.45, 7) is 8.92. The predicted molar refractivity (Wildman–Crippen MR) is 90.8 cm³/mol. The number of hydrogen-bond donors (Lipinski definition) is 0. The molecule has 0 bridgehead atoms. The zero-order chi connectivity index (χ0) is 14.8. The molecule has 2 aromatic carbocycles. The third-order valence-corrected chi connectivity index (χ3v) is 4.70. The van der Waals surface area contributed by atoms with Gasteiger partial charge in [-0.15, -0.1) is 0 Å². The van der Waals surface area contributed by atoms with Crippen molar-refractivity contribution < 1.29 is 0 Å². The molecular formula is C20H19N. The lowest BCUT2D eigenvalue weighted by Gasteiger charge is -2.28. The van der Waals surface area contributed by atoms with Gasteiger partial charge in [0.05, 0.1) is 5.52 Å². The fourth-order valence-corrected chi connectivity index (χ4v) is 3.58. The molecule has 1 heterocycles. The SMILES string of the molecule is Cc1cc(C)c2cc3c4c(ccnc4c2c1)C=CC3(C)C. The Bertz CT molecular complexity index is 930. The minimum Gasteiger partial charge on any atom is -0.256 e. The lowest BCUT2D eigenvalue weighted by atomic mass is 9.76. The summed E-state index contributed by atoms with van der Waals surface area (Å²) in [5, 5.41) is 3.93. The van der Waals surface area contributed by atoms with E-state index < -0.39 is 0 Å². The zero-order valence-electron chi connectivity index (χ0n) is 13.0. The number of aryl methyl sites for hydroxylation is 2. The summed E-state index contributed by atoms with van der Waals surface area (Å²) in [7, 11) is 0. The number of fused-ring (bicyclic) bond motifs is 2. The minimum absolute atomic E-state index is 0.0554. The van der Waals surface area contributed by atoms with Crippen LogP contribution in [-0.2, 0) is 5.41 Å². The Morgan fingerprint density at radius 2 is 1.81 bits per heavy atom. The summed E-state index contributed by atoms with van der Waals surface area (Å²) in [5.41, 5.74) is 6.51. The van der Waals surface area contributed by atoms with Gasteiger partial charge in [-0.2, -0.15) is 0 Å². The largest absolute Gasteiger partial charge is 0.256 e. The number of aromatic nitrogens is 1. The molecule has 1 aromatic heterocycles. The van der Waals surface area contributed by atoms with Crippen molar-refractivity contribution in [2.24, 2.45) is 0 Å². The van der Waals surface area contributed by atoms with E-state index >= 15 is 0 Å². The second-order valence-corrected chi connectivity index (χ2v) is 6.78. The fraction of sp³-hybridized carbons (Fsp3) is 0.250. The fourth-order valence-electron chi connectivity index (χ4n) is 3.58. The van der Waals surface area contributed by atoms with Crippen molar-refractivity contribution in [1.82, 2.24) is 4.98 Å². The van der Waals surface area contributed by atoms with Crippen molar-refractivity contribution in [2.45, 2.75) is 33.1 Å². The smallest absolute Gasteiger partial charge is 0.0789 e. The van der Waals surface area contributed by atoms with E-state index in [1.807, 2.05) is 6.20 Å². The monoisotopic (exact) mass is 273 g/mol. The summed E-state index contributed by atoms with van der Waals surface area (Å²) in [5.74, 6) is 0. The van der Waals surface area contributed by atoms with Crippen LogP contribution >= 0.6 is 0 Å². The average Bonchev–Trinajstić information content (AvgIpc) is 2.43. The summed E-state index contributed by atoms with van der Waals surface area (Å²) < 4.78 is 0. The van der Waals surface area contributed by atoms with Gasteiger partial charge < -0.3 is 0 Å². The molecule has 0 N–H and O–H groups in total. The Balaban J connectivity index is 2.32. The molecule has 3 aromatic rings. The quantitative estimate of drug-likeness (QED) is 0.506.